The van der Waals surface area contributed by atoms with E-state index >= 15 is 0 Å². The third-order valence-electron chi connectivity index (χ3n) is 6.79. The first-order valence-corrected chi connectivity index (χ1v) is 12.0. The number of nitrogens with zero attached hydrogens (tertiary/aromatic N) is 1. The molecule has 1 saturated carbocycles. The van der Waals surface area contributed by atoms with Gasteiger partial charge >= 0.3 is 0 Å². The van der Waals surface area contributed by atoms with Crippen LogP contribution in [0.4, 0.5) is 5.69 Å². The lowest BCUT2D eigenvalue weighted by Crippen LogP contribution is -2.36. The fraction of sp³-hybridized carbons (Fsp3) is 0.321. The minimum absolute atomic E-state index is 0.0819. The molecular weight excluding hydrogens is 428 g/mol. The number of benzene rings is 3. The molecular formula is C28H30N2O4. The minimum Gasteiger partial charge on any atom is -0.508 e. The maximum absolute atomic E-state index is 13.6. The summed E-state index contributed by atoms with van der Waals surface area (Å²) in [6.07, 6.45) is 5.61. The molecule has 0 unspecified atom stereocenters. The highest BCUT2D eigenvalue weighted by molar-refractivity contribution is 6.00. The highest BCUT2D eigenvalue weighted by Crippen LogP contribution is 2.36. The smallest absolute Gasteiger partial charge is 0.261 e. The fourth-order valence-electron chi connectivity index (χ4n) is 4.99. The molecule has 3 aromatic carbocycles. The number of rotatable bonds is 6. The summed E-state index contributed by atoms with van der Waals surface area (Å²) in [5, 5.41) is 24.3. The van der Waals surface area contributed by atoms with Crippen LogP contribution in [0.2, 0.25) is 0 Å². The maximum atomic E-state index is 13.6. The molecule has 2 aliphatic rings. The van der Waals surface area contributed by atoms with E-state index in [0.29, 0.717) is 19.1 Å². The first-order chi connectivity index (χ1) is 16.6. The van der Waals surface area contributed by atoms with Crippen LogP contribution in [0.3, 0.4) is 0 Å². The second-order valence-electron chi connectivity index (χ2n) is 9.16. The number of nitrogens with one attached hydrogen (secondary N) is 1. The Kier molecular flexibility index (Phi) is 6.30. The van der Waals surface area contributed by atoms with Gasteiger partial charge in [0.15, 0.2) is 0 Å². The molecule has 3 N–H and O–H groups in total. The zero-order valence-electron chi connectivity index (χ0n) is 19.2. The van der Waals surface area contributed by atoms with Gasteiger partial charge in [-0.15, -0.1) is 0 Å². The van der Waals surface area contributed by atoms with Gasteiger partial charge in [-0.1, -0.05) is 55.3 Å². The third-order valence-corrected chi connectivity index (χ3v) is 6.79. The molecule has 0 bridgehead atoms. The number of phenolic OH excluding ortho intramolecular Hbond substituents is 2. The molecule has 6 nitrogen and oxygen atoms in total. The molecule has 0 spiro atoms. The molecule has 1 heterocycles. The Balaban J connectivity index is 1.39. The van der Waals surface area contributed by atoms with Gasteiger partial charge in [0.1, 0.15) is 29.4 Å². The number of aromatic hydroxyl groups is 2. The van der Waals surface area contributed by atoms with Crippen molar-refractivity contribution >= 4 is 11.6 Å². The van der Waals surface area contributed by atoms with Crippen molar-refractivity contribution in [2.45, 2.75) is 51.3 Å². The van der Waals surface area contributed by atoms with Gasteiger partial charge < -0.3 is 25.2 Å². The van der Waals surface area contributed by atoms with Gasteiger partial charge in [0.2, 0.25) is 0 Å². The summed E-state index contributed by atoms with van der Waals surface area (Å²) in [4.78, 5) is 15.4. The van der Waals surface area contributed by atoms with Crippen molar-refractivity contribution in [3.8, 4) is 17.2 Å². The predicted octanol–water partition coefficient (Wildman–Crippen LogP) is 5.23. The van der Waals surface area contributed by atoms with Gasteiger partial charge in [0, 0.05) is 37.0 Å². The molecule has 1 aliphatic carbocycles. The largest absolute Gasteiger partial charge is 0.508 e. The molecule has 0 atom stereocenters. The predicted molar refractivity (Wildman–Crippen MR) is 131 cm³/mol. The van der Waals surface area contributed by atoms with Crippen molar-refractivity contribution in [1.82, 2.24) is 4.90 Å². The Morgan fingerprint density at radius 2 is 1.82 bits per heavy atom. The number of hydrogen-bond acceptors (Lipinski definition) is 5. The fourth-order valence-corrected chi connectivity index (χ4v) is 4.99. The molecule has 34 heavy (non-hydrogen) atoms. The first kappa shape index (κ1) is 22.1. The minimum atomic E-state index is -0.304. The van der Waals surface area contributed by atoms with Crippen LogP contribution < -0.4 is 10.1 Å². The van der Waals surface area contributed by atoms with Crippen molar-refractivity contribution < 1.29 is 19.7 Å². The Hall–Kier alpha value is -3.67. The zero-order chi connectivity index (χ0) is 23.5. The molecule has 1 aliphatic heterocycles. The van der Waals surface area contributed by atoms with Crippen molar-refractivity contribution in [3.05, 3.63) is 82.9 Å². The molecule has 176 valence electrons. The van der Waals surface area contributed by atoms with Crippen LogP contribution in [0.5, 0.6) is 17.2 Å². The van der Waals surface area contributed by atoms with E-state index in [1.807, 2.05) is 30.3 Å². The summed E-state index contributed by atoms with van der Waals surface area (Å²) in [6, 6.07) is 18.9. The van der Waals surface area contributed by atoms with Crippen molar-refractivity contribution in [1.29, 1.82) is 0 Å². The van der Waals surface area contributed by atoms with Crippen LogP contribution in [0.25, 0.3) is 0 Å². The van der Waals surface area contributed by atoms with Crippen LogP contribution in [-0.2, 0) is 19.6 Å². The van der Waals surface area contributed by atoms with Crippen LogP contribution >= 0.6 is 0 Å². The van der Waals surface area contributed by atoms with E-state index in [0.717, 1.165) is 23.2 Å². The van der Waals surface area contributed by atoms with E-state index in [2.05, 4.69) is 23.5 Å². The number of phenols is 2. The SMILES string of the molecule is O=C(c1c(O)cc(O)cc1OCc1ccccc1)N1CCc2cccc(NC3CCCC3)c2C1. The van der Waals surface area contributed by atoms with Crippen LogP contribution in [0, 0.1) is 0 Å². The summed E-state index contributed by atoms with van der Waals surface area (Å²) in [5.41, 5.74) is 4.50. The number of carbonyl (C=O) groups excluding carboxylic acids is 1. The van der Waals surface area contributed by atoms with Crippen molar-refractivity contribution in [2.75, 3.05) is 11.9 Å². The number of carbonyl (C=O) groups is 1. The number of hydrogen-bond donors (Lipinski definition) is 3. The van der Waals surface area contributed by atoms with Crippen LogP contribution in [0.1, 0.15) is 52.7 Å². The molecule has 0 aromatic heterocycles. The number of fused-ring (bicyclic) bond motifs is 1. The molecule has 3 aromatic rings. The molecule has 5 rings (SSSR count). The second-order valence-corrected chi connectivity index (χ2v) is 9.16. The van der Waals surface area contributed by atoms with E-state index in [1.165, 1.54) is 43.4 Å². The molecule has 1 amide bonds. The maximum Gasteiger partial charge on any atom is 0.261 e. The summed E-state index contributed by atoms with van der Waals surface area (Å²) in [5.74, 6) is -0.559. The normalized spacial score (nSPS) is 15.7. The van der Waals surface area contributed by atoms with Crippen molar-refractivity contribution in [3.63, 3.8) is 0 Å². The van der Waals surface area contributed by atoms with Crippen LogP contribution in [0.15, 0.2) is 60.7 Å². The molecule has 0 saturated heterocycles. The quantitative estimate of drug-likeness (QED) is 0.471. The lowest BCUT2D eigenvalue weighted by atomic mass is 9.96. The summed E-state index contributed by atoms with van der Waals surface area (Å²) in [7, 11) is 0. The molecule has 6 heteroatoms. The standard InChI is InChI=1S/C28H30N2O4/c31-22-15-25(32)27(26(16-22)34-18-19-7-2-1-3-8-19)28(33)30-14-13-20-9-6-12-24(23(20)17-30)29-21-10-4-5-11-21/h1-3,6-9,12,15-16,21,29,31-32H,4-5,10-11,13-14,17-18H2. The van der Waals surface area contributed by atoms with E-state index in [1.54, 1.807) is 4.90 Å². The highest BCUT2D eigenvalue weighted by Gasteiger charge is 2.29. The van der Waals surface area contributed by atoms with Gasteiger partial charge in [0.05, 0.1) is 0 Å². The zero-order valence-corrected chi connectivity index (χ0v) is 19.2. The molecule has 0 radical (unpaired) electrons. The first-order valence-electron chi connectivity index (χ1n) is 12.0. The lowest BCUT2D eigenvalue weighted by Gasteiger charge is -2.32. The van der Waals surface area contributed by atoms with E-state index < -0.39 is 0 Å². The van der Waals surface area contributed by atoms with E-state index in [4.69, 9.17) is 4.74 Å². The topological polar surface area (TPSA) is 82.0 Å². The average Bonchev–Trinajstić information content (AvgIpc) is 3.36. The Morgan fingerprint density at radius 3 is 2.62 bits per heavy atom. The van der Waals surface area contributed by atoms with Gasteiger partial charge in [-0.25, -0.2) is 0 Å². The van der Waals surface area contributed by atoms with Crippen LogP contribution in [-0.4, -0.2) is 33.6 Å². The Morgan fingerprint density at radius 1 is 1.03 bits per heavy atom. The second kappa shape index (κ2) is 9.67. The van der Waals surface area contributed by atoms with E-state index in [-0.39, 0.29) is 35.3 Å². The van der Waals surface area contributed by atoms with Gasteiger partial charge in [0.25, 0.3) is 5.91 Å². The van der Waals surface area contributed by atoms with Gasteiger partial charge in [-0.05, 0) is 42.0 Å². The molecule has 1 fully saturated rings. The summed E-state index contributed by atoms with van der Waals surface area (Å²) >= 11 is 0. The summed E-state index contributed by atoms with van der Waals surface area (Å²) < 4.78 is 5.90. The highest BCUT2D eigenvalue weighted by atomic mass is 16.5. The van der Waals surface area contributed by atoms with E-state index in [9.17, 15) is 15.0 Å². The van der Waals surface area contributed by atoms with Gasteiger partial charge in [-0.2, -0.15) is 0 Å². The Bertz CT molecular complexity index is 1170. The lowest BCUT2D eigenvalue weighted by molar-refractivity contribution is 0.0727. The van der Waals surface area contributed by atoms with Crippen molar-refractivity contribution in [2.24, 2.45) is 0 Å². The number of anilines is 1. The number of ether oxygens (including phenoxy) is 1. The van der Waals surface area contributed by atoms with Gasteiger partial charge in [-0.3, -0.25) is 4.79 Å². The number of amides is 1. The Labute approximate surface area is 199 Å². The summed E-state index contributed by atoms with van der Waals surface area (Å²) in [6.45, 7) is 1.24. The monoisotopic (exact) mass is 458 g/mol. The average molecular weight is 459 g/mol. The third kappa shape index (κ3) is 4.67.